The van der Waals surface area contributed by atoms with Gasteiger partial charge in [0.2, 0.25) is 17.6 Å². The van der Waals surface area contributed by atoms with Gasteiger partial charge in [-0.25, -0.2) is 14.6 Å². The minimum atomic E-state index is -4.85. The summed E-state index contributed by atoms with van der Waals surface area (Å²) < 4.78 is 42.0. The number of aryl methyl sites for hydroxylation is 1. The monoisotopic (exact) mass is 696 g/mol. The molecule has 0 bridgehead atoms. The summed E-state index contributed by atoms with van der Waals surface area (Å²) in [6.07, 6.45) is 0.0689. The van der Waals surface area contributed by atoms with E-state index >= 15 is 0 Å². The van der Waals surface area contributed by atoms with Crippen LogP contribution in [0.15, 0.2) is 79.0 Å². The number of para-hydroxylation sites is 1. The van der Waals surface area contributed by atoms with E-state index in [2.05, 4.69) is 20.6 Å². The number of fused-ring (bicyclic) bond motifs is 1. The van der Waals surface area contributed by atoms with E-state index in [0.29, 0.717) is 41.9 Å². The van der Waals surface area contributed by atoms with Gasteiger partial charge in [0.25, 0.3) is 11.8 Å². The Morgan fingerprint density at radius 3 is 2.45 bits per heavy atom. The predicted molar refractivity (Wildman–Crippen MR) is 181 cm³/mol. The first-order valence-corrected chi connectivity index (χ1v) is 16.2. The predicted octanol–water partition coefficient (Wildman–Crippen LogP) is 3.68. The molecule has 0 spiro atoms. The van der Waals surface area contributed by atoms with Gasteiger partial charge in [-0.3, -0.25) is 24.1 Å². The number of nitrogens with one attached hydrogen (secondary N) is 2. The van der Waals surface area contributed by atoms with Gasteiger partial charge < -0.3 is 15.5 Å². The van der Waals surface area contributed by atoms with Gasteiger partial charge in [-0.1, -0.05) is 30.3 Å². The summed E-state index contributed by atoms with van der Waals surface area (Å²) in [6.45, 7) is 4.77. The molecule has 6 rings (SSSR count). The van der Waals surface area contributed by atoms with E-state index in [1.807, 2.05) is 6.07 Å². The number of amides is 4. The molecule has 2 atom stereocenters. The maximum absolute atomic E-state index is 14.5. The number of anilines is 2. The first kappa shape index (κ1) is 35.0. The first-order chi connectivity index (χ1) is 24.3. The molecule has 51 heavy (non-hydrogen) atoms. The van der Waals surface area contributed by atoms with Gasteiger partial charge in [-0.15, -0.1) is 0 Å². The summed E-state index contributed by atoms with van der Waals surface area (Å²) in [7, 11) is 7.32. The van der Waals surface area contributed by atoms with Gasteiger partial charge in [0.15, 0.2) is 0 Å². The molecule has 4 heterocycles. The maximum Gasteiger partial charge on any atom is 0.433 e. The molecule has 2 radical (unpaired) electrons. The molecule has 1 saturated heterocycles. The van der Waals surface area contributed by atoms with E-state index in [4.69, 9.17) is 12.9 Å². The van der Waals surface area contributed by atoms with Crippen molar-refractivity contribution in [3.63, 3.8) is 0 Å². The van der Waals surface area contributed by atoms with E-state index in [1.54, 1.807) is 65.9 Å². The Kier molecular flexibility index (Phi) is 9.51. The highest BCUT2D eigenvalue weighted by Gasteiger charge is 2.53. The number of likely N-dealkylation sites (tertiary alicyclic amines) is 1. The average molecular weight is 696 g/mol. The van der Waals surface area contributed by atoms with Crippen LogP contribution in [-0.4, -0.2) is 81.8 Å². The Bertz CT molecular complexity index is 2030. The zero-order chi connectivity index (χ0) is 36.5. The summed E-state index contributed by atoms with van der Waals surface area (Å²) in [6, 6.07) is 14.3. The van der Waals surface area contributed by atoms with E-state index in [9.17, 15) is 32.3 Å². The molecule has 2 aromatic heterocycles. The highest BCUT2D eigenvalue weighted by Crippen LogP contribution is 2.46. The van der Waals surface area contributed by atoms with Crippen LogP contribution in [0.2, 0.25) is 0 Å². The third-order valence-electron chi connectivity index (χ3n) is 8.82. The van der Waals surface area contributed by atoms with Crippen LogP contribution in [0.3, 0.4) is 0 Å². The van der Waals surface area contributed by atoms with Crippen LogP contribution in [0.25, 0.3) is 5.69 Å². The molecule has 2 aliphatic heterocycles. The minimum absolute atomic E-state index is 0.116. The first-order valence-electron chi connectivity index (χ1n) is 16.2. The van der Waals surface area contributed by atoms with Gasteiger partial charge in [0, 0.05) is 54.5 Å². The van der Waals surface area contributed by atoms with E-state index in [-0.39, 0.29) is 23.7 Å². The molecule has 2 N–H and O–H groups in total. The lowest BCUT2D eigenvalue weighted by Gasteiger charge is -2.46. The molecule has 0 saturated carbocycles. The molecular formula is C35H32BF3N8O4. The second-order valence-electron chi connectivity index (χ2n) is 12.1. The number of rotatable bonds is 8. The number of carbonyl (C=O) groups excluding carboxylic acids is 4. The lowest BCUT2D eigenvalue weighted by atomic mass is 9.54. The van der Waals surface area contributed by atoms with Crippen molar-refractivity contribution in [3.8, 4) is 5.69 Å². The number of likely N-dealkylation sites (N-methyl/N-ethyl adjacent to an activating group) is 1. The summed E-state index contributed by atoms with van der Waals surface area (Å²) in [5, 5.41) is 8.08. The molecule has 2 aliphatic rings. The van der Waals surface area contributed by atoms with Gasteiger partial charge >= 0.3 is 6.18 Å². The largest absolute Gasteiger partial charge is 0.433 e. The maximum atomic E-state index is 14.5. The standard InChI is InChI=1S/C35H32BF3N8O4/c1-3-46-32-28(21(2)44-47(32)24-12-5-4-6-13-24)34(36,29(33(46)51)43-31(50)30-40-17-16-25(42-30)35(37,38)39)22-10-9-11-23(20-22)41-26(48)14-15-27(49)45-18-7-8-19-45/h4-6,9-17,20,29H,3,7-8,18-19H2,1-2H3,(H,41,48)(H,43,50)/b15-14+/t29-,34-/m1/s1. The highest BCUT2D eigenvalue weighted by atomic mass is 19.4. The second kappa shape index (κ2) is 13.8. The number of nitrogens with zero attached hydrogens (tertiary/aromatic N) is 6. The van der Waals surface area contributed by atoms with Crippen molar-refractivity contribution >= 4 is 43.0 Å². The zero-order valence-electron chi connectivity index (χ0n) is 27.6. The molecule has 4 amide bonds. The molecular weight excluding hydrogens is 664 g/mol. The smallest absolute Gasteiger partial charge is 0.339 e. The lowest BCUT2D eigenvalue weighted by Crippen LogP contribution is -2.64. The quantitative estimate of drug-likeness (QED) is 0.212. The van der Waals surface area contributed by atoms with Crippen LogP contribution < -0.4 is 15.5 Å². The summed E-state index contributed by atoms with van der Waals surface area (Å²) >= 11 is 0. The molecule has 12 nitrogen and oxygen atoms in total. The fourth-order valence-electron chi connectivity index (χ4n) is 6.44. The Hall–Kier alpha value is -5.80. The van der Waals surface area contributed by atoms with Gasteiger partial charge in [-0.2, -0.15) is 18.3 Å². The van der Waals surface area contributed by atoms with Crippen LogP contribution >= 0.6 is 0 Å². The van der Waals surface area contributed by atoms with Crippen LogP contribution in [0.4, 0.5) is 24.7 Å². The fraction of sp³-hybridized carbons (Fsp3) is 0.286. The minimum Gasteiger partial charge on any atom is -0.339 e. The van der Waals surface area contributed by atoms with E-state index < -0.39 is 46.8 Å². The van der Waals surface area contributed by atoms with Crippen LogP contribution in [0.1, 0.15) is 52.9 Å². The third kappa shape index (κ3) is 6.73. The van der Waals surface area contributed by atoms with Crippen molar-refractivity contribution in [2.75, 3.05) is 29.9 Å². The van der Waals surface area contributed by atoms with Crippen LogP contribution in [-0.2, 0) is 25.9 Å². The fourth-order valence-corrected chi connectivity index (χ4v) is 6.44. The van der Waals surface area contributed by atoms with Crippen LogP contribution in [0, 0.1) is 6.92 Å². The van der Waals surface area contributed by atoms with Gasteiger partial charge in [0.05, 0.1) is 19.2 Å². The molecule has 260 valence electrons. The normalized spacial score (nSPS) is 18.9. The number of alkyl halides is 3. The summed E-state index contributed by atoms with van der Waals surface area (Å²) in [5.74, 6) is -3.21. The van der Waals surface area contributed by atoms with Gasteiger partial charge in [0.1, 0.15) is 17.6 Å². The Morgan fingerprint density at radius 2 is 1.76 bits per heavy atom. The Balaban J connectivity index is 1.44. The number of benzene rings is 2. The molecule has 1 fully saturated rings. The van der Waals surface area contributed by atoms with Crippen molar-refractivity contribution in [3.05, 3.63) is 107 Å². The number of carbonyl (C=O) groups is 4. The van der Waals surface area contributed by atoms with Crippen LogP contribution in [0.5, 0.6) is 0 Å². The van der Waals surface area contributed by atoms with Crippen molar-refractivity contribution in [2.45, 2.75) is 44.2 Å². The van der Waals surface area contributed by atoms with E-state index in [1.165, 1.54) is 17.0 Å². The third-order valence-corrected chi connectivity index (χ3v) is 8.82. The molecule has 0 aliphatic carbocycles. The van der Waals surface area contributed by atoms with Crippen molar-refractivity contribution in [1.29, 1.82) is 0 Å². The Labute approximate surface area is 292 Å². The number of aromatic nitrogens is 4. The van der Waals surface area contributed by atoms with Crippen molar-refractivity contribution in [2.24, 2.45) is 0 Å². The average Bonchev–Trinajstić information content (AvgIpc) is 3.78. The van der Waals surface area contributed by atoms with Gasteiger partial charge in [-0.05, 0) is 62.6 Å². The number of halogens is 3. The second-order valence-corrected chi connectivity index (χ2v) is 12.1. The molecule has 0 unspecified atom stereocenters. The zero-order valence-corrected chi connectivity index (χ0v) is 27.6. The SMILES string of the molecule is [B][C@]1(c2cccc(NC(=O)/C=C/C(=O)N3CCCC3)c2)c2c(C)nn(-c3ccccc3)c2N(CC)C(=O)[C@H]1NC(=O)c1nccc(C(F)(F)F)n1. The van der Waals surface area contributed by atoms with Crippen molar-refractivity contribution < 1.29 is 32.3 Å². The molecule has 2 aromatic carbocycles. The number of hydrogen-bond donors (Lipinski definition) is 2. The number of hydrogen-bond acceptors (Lipinski definition) is 7. The van der Waals surface area contributed by atoms with Crippen molar-refractivity contribution in [1.82, 2.24) is 30.0 Å². The Morgan fingerprint density at radius 1 is 1.04 bits per heavy atom. The summed E-state index contributed by atoms with van der Waals surface area (Å²) in [5.41, 5.74) is 0.540. The molecule has 4 aromatic rings. The highest BCUT2D eigenvalue weighted by molar-refractivity contribution is 6.25. The summed E-state index contributed by atoms with van der Waals surface area (Å²) in [4.78, 5) is 63.5. The lowest BCUT2D eigenvalue weighted by molar-refractivity contribution is -0.141. The topological polar surface area (TPSA) is 142 Å². The molecule has 16 heteroatoms. The van der Waals surface area contributed by atoms with E-state index in [0.717, 1.165) is 25.1 Å².